The molecule has 2 aromatic carbocycles. The van der Waals surface area contributed by atoms with E-state index in [1.165, 1.54) is 4.31 Å². The van der Waals surface area contributed by atoms with Crippen LogP contribution in [-0.2, 0) is 21.2 Å². The summed E-state index contributed by atoms with van der Waals surface area (Å²) in [6.45, 7) is 1.98. The van der Waals surface area contributed by atoms with Crippen LogP contribution in [0.4, 0.5) is 5.69 Å². The lowest BCUT2D eigenvalue weighted by molar-refractivity contribution is -0.127. The molecule has 1 atom stereocenters. The maximum atomic E-state index is 12.6. The summed E-state index contributed by atoms with van der Waals surface area (Å²) in [5, 5.41) is 3.39. The van der Waals surface area contributed by atoms with Crippen molar-refractivity contribution in [2.75, 3.05) is 23.1 Å². The fourth-order valence-electron chi connectivity index (χ4n) is 3.01. The molecule has 0 radical (unpaired) electrons. The van der Waals surface area contributed by atoms with Crippen molar-refractivity contribution in [1.82, 2.24) is 5.32 Å². The van der Waals surface area contributed by atoms with E-state index in [1.807, 2.05) is 18.2 Å². The summed E-state index contributed by atoms with van der Waals surface area (Å²) >= 11 is 11.8. The molecular formula is C19H20Cl2N2O4S. The third-order valence-electron chi connectivity index (χ3n) is 4.36. The average molecular weight is 443 g/mol. The van der Waals surface area contributed by atoms with E-state index in [1.54, 1.807) is 31.2 Å². The van der Waals surface area contributed by atoms with Crippen LogP contribution in [0.3, 0.4) is 0 Å². The summed E-state index contributed by atoms with van der Waals surface area (Å²) < 4.78 is 32.2. The summed E-state index contributed by atoms with van der Waals surface area (Å²) in [6.07, 6.45) is -0.140. The largest absolute Gasteiger partial charge is 0.481 e. The molecule has 0 fully saturated rings. The van der Waals surface area contributed by atoms with Crippen molar-refractivity contribution in [3.05, 3.63) is 58.1 Å². The Labute approximate surface area is 174 Å². The van der Waals surface area contributed by atoms with Gasteiger partial charge in [0, 0.05) is 23.1 Å². The summed E-state index contributed by atoms with van der Waals surface area (Å²) in [5.41, 5.74) is 1.72. The molecule has 9 heteroatoms. The molecule has 0 bridgehead atoms. The molecule has 0 saturated heterocycles. The van der Waals surface area contributed by atoms with Crippen LogP contribution >= 0.6 is 23.2 Å². The number of para-hydroxylation sites is 1. The maximum absolute atomic E-state index is 12.6. The highest BCUT2D eigenvalue weighted by molar-refractivity contribution is 7.92. The first kappa shape index (κ1) is 20.8. The van der Waals surface area contributed by atoms with Gasteiger partial charge in [-0.3, -0.25) is 9.10 Å². The lowest BCUT2D eigenvalue weighted by atomic mass is 10.2. The van der Waals surface area contributed by atoms with Gasteiger partial charge in [-0.05, 0) is 43.2 Å². The SMILES string of the molecule is CC(Oc1cc(Cl)cc(Cl)c1)C(=O)NCCS(=O)(=O)N1CCc2ccccc21. The fraction of sp³-hybridized carbons (Fsp3) is 0.316. The zero-order valence-corrected chi connectivity index (χ0v) is 17.5. The molecule has 0 aliphatic carbocycles. The number of fused-ring (bicyclic) bond motifs is 1. The molecule has 28 heavy (non-hydrogen) atoms. The number of hydrogen-bond acceptors (Lipinski definition) is 4. The third-order valence-corrected chi connectivity index (χ3v) is 6.57. The van der Waals surface area contributed by atoms with E-state index in [4.69, 9.17) is 27.9 Å². The third kappa shape index (κ3) is 4.90. The van der Waals surface area contributed by atoms with Gasteiger partial charge in [0.15, 0.2) is 6.10 Å². The number of anilines is 1. The summed E-state index contributed by atoms with van der Waals surface area (Å²) in [7, 11) is -3.52. The zero-order valence-electron chi connectivity index (χ0n) is 15.2. The van der Waals surface area contributed by atoms with Gasteiger partial charge < -0.3 is 10.1 Å². The number of hydrogen-bond donors (Lipinski definition) is 1. The highest BCUT2D eigenvalue weighted by Crippen LogP contribution is 2.30. The van der Waals surface area contributed by atoms with Crippen LogP contribution in [0.2, 0.25) is 10.0 Å². The van der Waals surface area contributed by atoms with E-state index in [2.05, 4.69) is 5.32 Å². The minimum atomic E-state index is -3.52. The minimum Gasteiger partial charge on any atom is -0.481 e. The molecule has 1 N–H and O–H groups in total. The predicted molar refractivity (Wildman–Crippen MR) is 111 cm³/mol. The summed E-state index contributed by atoms with van der Waals surface area (Å²) in [4.78, 5) is 12.2. The number of rotatable bonds is 7. The number of amides is 1. The van der Waals surface area contributed by atoms with Crippen molar-refractivity contribution in [2.45, 2.75) is 19.4 Å². The quantitative estimate of drug-likeness (QED) is 0.713. The summed E-state index contributed by atoms with van der Waals surface area (Å²) in [6, 6.07) is 12.1. The van der Waals surface area contributed by atoms with Gasteiger partial charge in [0.1, 0.15) is 5.75 Å². The Kier molecular flexibility index (Phi) is 6.37. The number of nitrogens with zero attached hydrogens (tertiary/aromatic N) is 1. The average Bonchev–Trinajstić information content (AvgIpc) is 3.05. The monoisotopic (exact) mass is 442 g/mol. The molecule has 1 aliphatic rings. The second kappa shape index (κ2) is 8.59. The number of nitrogens with one attached hydrogen (secondary N) is 1. The smallest absolute Gasteiger partial charge is 0.260 e. The van der Waals surface area contributed by atoms with Crippen molar-refractivity contribution in [2.24, 2.45) is 0 Å². The Bertz CT molecular complexity index is 961. The Morgan fingerprint density at radius 1 is 1.21 bits per heavy atom. The van der Waals surface area contributed by atoms with Crippen LogP contribution in [0.15, 0.2) is 42.5 Å². The van der Waals surface area contributed by atoms with Crippen LogP contribution in [-0.4, -0.2) is 39.3 Å². The van der Waals surface area contributed by atoms with E-state index in [9.17, 15) is 13.2 Å². The summed E-state index contributed by atoms with van der Waals surface area (Å²) in [5.74, 6) is -0.252. The first-order valence-electron chi connectivity index (χ1n) is 8.75. The molecule has 1 heterocycles. The number of carbonyl (C=O) groups excluding carboxylic acids is 1. The molecule has 150 valence electrons. The molecule has 6 nitrogen and oxygen atoms in total. The van der Waals surface area contributed by atoms with Gasteiger partial charge >= 0.3 is 0 Å². The van der Waals surface area contributed by atoms with Gasteiger partial charge in [0.25, 0.3) is 5.91 Å². The molecule has 3 rings (SSSR count). The number of halogens is 2. The second-order valence-electron chi connectivity index (χ2n) is 6.42. The lowest BCUT2D eigenvalue weighted by Gasteiger charge is -2.20. The standard InChI is InChI=1S/C19H20Cl2N2O4S/c1-13(27-17-11-15(20)10-16(21)12-17)19(24)22-7-9-28(25,26)23-8-6-14-4-2-3-5-18(14)23/h2-5,10-13H,6-9H2,1H3,(H,22,24). The molecule has 0 spiro atoms. The van der Waals surface area contributed by atoms with E-state index >= 15 is 0 Å². The van der Waals surface area contributed by atoms with Gasteiger partial charge in [-0.25, -0.2) is 8.42 Å². The molecular weight excluding hydrogens is 423 g/mol. The van der Waals surface area contributed by atoms with Crippen LogP contribution in [0.25, 0.3) is 0 Å². The van der Waals surface area contributed by atoms with Crippen LogP contribution in [0, 0.1) is 0 Å². The van der Waals surface area contributed by atoms with Crippen molar-refractivity contribution < 1.29 is 17.9 Å². The number of sulfonamides is 1. The highest BCUT2D eigenvalue weighted by atomic mass is 35.5. The van der Waals surface area contributed by atoms with Gasteiger partial charge in [-0.1, -0.05) is 41.4 Å². The van der Waals surface area contributed by atoms with Crippen LogP contribution < -0.4 is 14.4 Å². The van der Waals surface area contributed by atoms with E-state index < -0.39 is 22.0 Å². The minimum absolute atomic E-state index is 0.0101. The Morgan fingerprint density at radius 2 is 1.89 bits per heavy atom. The number of carbonyl (C=O) groups is 1. The number of ether oxygens (including phenoxy) is 1. The van der Waals surface area contributed by atoms with Crippen molar-refractivity contribution in [3.63, 3.8) is 0 Å². The van der Waals surface area contributed by atoms with Gasteiger partial charge in [0.05, 0.1) is 11.4 Å². The normalized spacial score (nSPS) is 14.5. The molecule has 0 aromatic heterocycles. The van der Waals surface area contributed by atoms with Crippen molar-refractivity contribution in [1.29, 1.82) is 0 Å². The Balaban J connectivity index is 1.53. The zero-order chi connectivity index (χ0) is 20.3. The van der Waals surface area contributed by atoms with Crippen molar-refractivity contribution >= 4 is 44.8 Å². The number of benzene rings is 2. The van der Waals surface area contributed by atoms with Crippen LogP contribution in [0.1, 0.15) is 12.5 Å². The maximum Gasteiger partial charge on any atom is 0.260 e. The van der Waals surface area contributed by atoms with Crippen LogP contribution in [0.5, 0.6) is 5.75 Å². The first-order valence-corrected chi connectivity index (χ1v) is 11.1. The second-order valence-corrected chi connectivity index (χ2v) is 9.31. The first-order chi connectivity index (χ1) is 13.3. The predicted octanol–water partition coefficient (Wildman–Crippen LogP) is 3.27. The van der Waals surface area contributed by atoms with Gasteiger partial charge in [-0.15, -0.1) is 0 Å². The molecule has 1 unspecified atom stereocenters. The van der Waals surface area contributed by atoms with Crippen molar-refractivity contribution in [3.8, 4) is 5.75 Å². The topological polar surface area (TPSA) is 75.7 Å². The highest BCUT2D eigenvalue weighted by Gasteiger charge is 2.29. The van der Waals surface area contributed by atoms with E-state index in [0.717, 1.165) is 5.56 Å². The molecule has 1 amide bonds. The molecule has 2 aromatic rings. The lowest BCUT2D eigenvalue weighted by Crippen LogP contribution is -2.41. The molecule has 0 saturated carbocycles. The van der Waals surface area contributed by atoms with E-state index in [-0.39, 0.29) is 12.3 Å². The molecule has 1 aliphatic heterocycles. The Morgan fingerprint density at radius 3 is 2.61 bits per heavy atom. The fourth-order valence-corrected chi connectivity index (χ4v) is 4.94. The Hall–Kier alpha value is -1.96. The van der Waals surface area contributed by atoms with Gasteiger partial charge in [-0.2, -0.15) is 0 Å². The van der Waals surface area contributed by atoms with E-state index in [0.29, 0.717) is 34.4 Å². The van der Waals surface area contributed by atoms with Gasteiger partial charge in [0.2, 0.25) is 10.0 Å².